The van der Waals surface area contributed by atoms with Crippen molar-refractivity contribution in [3.8, 4) is 5.75 Å². The Hall–Kier alpha value is -2.07. The molecule has 0 unspecified atom stereocenters. The zero-order chi connectivity index (χ0) is 13.7. The first-order valence-corrected chi connectivity index (χ1v) is 6.20. The lowest BCUT2D eigenvalue weighted by molar-refractivity contribution is 0.408. The largest absolute Gasteiger partial charge is 0.496 e. The van der Waals surface area contributed by atoms with Crippen molar-refractivity contribution in [2.45, 2.75) is 13.1 Å². The summed E-state index contributed by atoms with van der Waals surface area (Å²) in [6, 6.07) is 11.2. The van der Waals surface area contributed by atoms with E-state index in [0.29, 0.717) is 6.54 Å². The molecule has 1 heterocycles. The van der Waals surface area contributed by atoms with Gasteiger partial charge in [-0.2, -0.15) is 0 Å². The number of aromatic nitrogens is 1. The Balaban J connectivity index is 2.34. The summed E-state index contributed by atoms with van der Waals surface area (Å²) in [5.41, 5.74) is 2.16. The summed E-state index contributed by atoms with van der Waals surface area (Å²) in [4.78, 5) is 11.7. The van der Waals surface area contributed by atoms with Crippen LogP contribution in [-0.2, 0) is 13.1 Å². The van der Waals surface area contributed by atoms with Crippen LogP contribution in [0, 0.1) is 0 Å². The molecule has 0 radical (unpaired) electrons. The highest BCUT2D eigenvalue weighted by Crippen LogP contribution is 2.20. The number of hydrogen-bond acceptors (Lipinski definition) is 3. The van der Waals surface area contributed by atoms with Crippen LogP contribution in [0.15, 0.2) is 47.4 Å². The van der Waals surface area contributed by atoms with Crippen LogP contribution >= 0.6 is 0 Å². The van der Waals surface area contributed by atoms with Crippen LogP contribution in [-0.4, -0.2) is 18.7 Å². The van der Waals surface area contributed by atoms with E-state index >= 15 is 0 Å². The number of rotatable bonds is 5. The van der Waals surface area contributed by atoms with Gasteiger partial charge in [0, 0.05) is 24.4 Å². The minimum absolute atomic E-state index is 0.0106. The van der Waals surface area contributed by atoms with Gasteiger partial charge in [-0.15, -0.1) is 0 Å². The molecule has 2 aromatic rings. The van der Waals surface area contributed by atoms with Crippen LogP contribution in [0.2, 0.25) is 0 Å². The topological polar surface area (TPSA) is 43.3 Å². The molecule has 1 aromatic heterocycles. The fourth-order valence-electron chi connectivity index (χ4n) is 2.04. The van der Waals surface area contributed by atoms with Gasteiger partial charge in [-0.25, -0.2) is 0 Å². The average molecular weight is 258 g/mol. The maximum Gasteiger partial charge on any atom is 0.250 e. The molecule has 0 saturated heterocycles. The second-order valence-electron chi connectivity index (χ2n) is 4.34. The third-order valence-corrected chi connectivity index (χ3v) is 2.97. The molecule has 0 aliphatic carbocycles. The monoisotopic (exact) mass is 258 g/mol. The predicted octanol–water partition coefficient (Wildman–Crippen LogP) is 1.62. The molecular formula is C15H18N2O2. The first-order chi connectivity index (χ1) is 9.24. The van der Waals surface area contributed by atoms with E-state index in [2.05, 4.69) is 11.4 Å². The highest BCUT2D eigenvalue weighted by molar-refractivity contribution is 5.37. The van der Waals surface area contributed by atoms with Gasteiger partial charge >= 0.3 is 0 Å². The quantitative estimate of drug-likeness (QED) is 0.886. The number of nitrogens with one attached hydrogen (secondary N) is 1. The van der Waals surface area contributed by atoms with Crippen LogP contribution in [0.4, 0.5) is 0 Å². The molecule has 0 fully saturated rings. The van der Waals surface area contributed by atoms with Gasteiger partial charge in [-0.3, -0.25) is 4.79 Å². The Morgan fingerprint density at radius 2 is 2.11 bits per heavy atom. The molecule has 0 aliphatic heterocycles. The number of methoxy groups -OCH3 is 1. The molecule has 0 bridgehead atoms. The number of benzene rings is 1. The number of pyridine rings is 1. The summed E-state index contributed by atoms with van der Waals surface area (Å²) in [6.07, 6.45) is 1.78. The van der Waals surface area contributed by atoms with Gasteiger partial charge in [0.2, 0.25) is 0 Å². The van der Waals surface area contributed by atoms with E-state index < -0.39 is 0 Å². The Morgan fingerprint density at radius 3 is 2.79 bits per heavy atom. The molecule has 4 heteroatoms. The summed E-state index contributed by atoms with van der Waals surface area (Å²) in [5.74, 6) is 0.801. The number of hydrogen-bond donors (Lipinski definition) is 1. The lowest BCUT2D eigenvalue weighted by Crippen LogP contribution is -2.18. The van der Waals surface area contributed by atoms with Crippen molar-refractivity contribution in [1.29, 1.82) is 0 Å². The Bertz CT molecular complexity index is 605. The Labute approximate surface area is 112 Å². The van der Waals surface area contributed by atoms with Crippen LogP contribution in [0.5, 0.6) is 5.75 Å². The van der Waals surface area contributed by atoms with Crippen LogP contribution < -0.4 is 15.6 Å². The summed E-state index contributed by atoms with van der Waals surface area (Å²) in [5, 5.41) is 3.11. The highest BCUT2D eigenvalue weighted by atomic mass is 16.5. The maximum atomic E-state index is 11.7. The van der Waals surface area contributed by atoms with Gasteiger partial charge in [-0.1, -0.05) is 12.1 Å². The van der Waals surface area contributed by atoms with E-state index in [1.165, 1.54) is 5.56 Å². The van der Waals surface area contributed by atoms with Crippen molar-refractivity contribution in [1.82, 2.24) is 9.88 Å². The van der Waals surface area contributed by atoms with Gasteiger partial charge in [-0.05, 0) is 30.8 Å². The molecule has 2 rings (SSSR count). The van der Waals surface area contributed by atoms with E-state index in [1.807, 2.05) is 25.2 Å². The smallest absolute Gasteiger partial charge is 0.250 e. The standard InChI is InChI=1S/C15H18N2O2/c1-16-10-12-6-7-14(19-2)13(9-12)11-17-8-4-3-5-15(17)18/h3-9,16H,10-11H2,1-2H3. The fraction of sp³-hybridized carbons (Fsp3) is 0.267. The lowest BCUT2D eigenvalue weighted by atomic mass is 10.1. The molecule has 4 nitrogen and oxygen atoms in total. The Morgan fingerprint density at radius 1 is 1.26 bits per heavy atom. The molecule has 100 valence electrons. The summed E-state index contributed by atoms with van der Waals surface area (Å²) in [6.45, 7) is 1.31. The minimum atomic E-state index is -0.0106. The van der Waals surface area contributed by atoms with Crippen molar-refractivity contribution in [2.75, 3.05) is 14.2 Å². The third-order valence-electron chi connectivity index (χ3n) is 2.97. The molecule has 0 aliphatic rings. The minimum Gasteiger partial charge on any atom is -0.496 e. The van der Waals surface area contributed by atoms with Crippen molar-refractivity contribution < 1.29 is 4.74 Å². The van der Waals surface area contributed by atoms with Crippen LogP contribution in [0.3, 0.4) is 0 Å². The number of ether oxygens (including phenoxy) is 1. The molecule has 1 aromatic carbocycles. The highest BCUT2D eigenvalue weighted by Gasteiger charge is 2.06. The zero-order valence-electron chi connectivity index (χ0n) is 11.2. The summed E-state index contributed by atoms with van der Waals surface area (Å²) >= 11 is 0. The molecule has 0 amide bonds. The fourth-order valence-corrected chi connectivity index (χ4v) is 2.04. The van der Waals surface area contributed by atoms with E-state index in [0.717, 1.165) is 17.9 Å². The van der Waals surface area contributed by atoms with E-state index in [-0.39, 0.29) is 5.56 Å². The first kappa shape index (κ1) is 13.4. The van der Waals surface area contributed by atoms with Gasteiger partial charge < -0.3 is 14.6 Å². The van der Waals surface area contributed by atoms with Gasteiger partial charge in [0.1, 0.15) is 5.75 Å². The van der Waals surface area contributed by atoms with E-state index in [9.17, 15) is 4.79 Å². The molecule has 0 atom stereocenters. The van der Waals surface area contributed by atoms with Gasteiger partial charge in [0.25, 0.3) is 5.56 Å². The van der Waals surface area contributed by atoms with Crippen molar-refractivity contribution in [2.24, 2.45) is 0 Å². The second-order valence-corrected chi connectivity index (χ2v) is 4.34. The van der Waals surface area contributed by atoms with Crippen molar-refractivity contribution >= 4 is 0 Å². The Kier molecular flexibility index (Phi) is 4.36. The molecule has 19 heavy (non-hydrogen) atoms. The molecule has 0 saturated carbocycles. The van der Waals surface area contributed by atoms with Crippen molar-refractivity contribution in [3.05, 3.63) is 64.1 Å². The van der Waals surface area contributed by atoms with E-state index in [1.54, 1.807) is 30.0 Å². The van der Waals surface area contributed by atoms with E-state index in [4.69, 9.17) is 4.74 Å². The van der Waals surface area contributed by atoms with Crippen LogP contribution in [0.1, 0.15) is 11.1 Å². The summed E-state index contributed by atoms with van der Waals surface area (Å²) in [7, 11) is 3.55. The third kappa shape index (κ3) is 3.23. The number of nitrogens with zero attached hydrogens (tertiary/aromatic N) is 1. The molecule has 1 N–H and O–H groups in total. The SMILES string of the molecule is CNCc1ccc(OC)c(Cn2ccccc2=O)c1. The first-order valence-electron chi connectivity index (χ1n) is 6.20. The lowest BCUT2D eigenvalue weighted by Gasteiger charge is -2.12. The zero-order valence-corrected chi connectivity index (χ0v) is 11.2. The molecular weight excluding hydrogens is 240 g/mol. The average Bonchev–Trinajstić information content (AvgIpc) is 2.42. The molecule has 0 spiro atoms. The van der Waals surface area contributed by atoms with Crippen molar-refractivity contribution in [3.63, 3.8) is 0 Å². The predicted molar refractivity (Wildman–Crippen MR) is 75.6 cm³/mol. The maximum absolute atomic E-state index is 11.7. The van der Waals surface area contributed by atoms with Gasteiger partial charge in [0.15, 0.2) is 0 Å². The normalized spacial score (nSPS) is 10.4. The van der Waals surface area contributed by atoms with Gasteiger partial charge in [0.05, 0.1) is 13.7 Å². The summed E-state index contributed by atoms with van der Waals surface area (Å²) < 4.78 is 7.02. The second kappa shape index (κ2) is 6.20. The van der Waals surface area contributed by atoms with Crippen LogP contribution in [0.25, 0.3) is 0 Å².